The molecule has 1 atom stereocenters. The first-order valence-corrected chi connectivity index (χ1v) is 6.78. The van der Waals surface area contributed by atoms with Crippen LogP contribution >= 0.6 is 11.6 Å². The molecule has 98 valence electrons. The molecule has 0 aliphatic rings. The summed E-state index contributed by atoms with van der Waals surface area (Å²) in [5.74, 6) is 0. The number of rotatable bonds is 6. The monoisotopic (exact) mass is 257 g/mol. The molecule has 0 aliphatic heterocycles. The summed E-state index contributed by atoms with van der Waals surface area (Å²) in [4.78, 5) is 0. The molecule has 0 radical (unpaired) electrons. The Morgan fingerprint density at radius 1 is 1.41 bits per heavy atom. The molecule has 17 heavy (non-hydrogen) atoms. The van der Waals surface area contributed by atoms with Gasteiger partial charge in [-0.1, -0.05) is 38.3 Å². The van der Waals surface area contributed by atoms with Crippen molar-refractivity contribution < 1.29 is 0 Å². The maximum absolute atomic E-state index is 6.47. The molecule has 0 spiro atoms. The second-order valence-electron chi connectivity index (χ2n) is 4.97. The van der Waals surface area contributed by atoms with E-state index in [-0.39, 0.29) is 5.54 Å². The van der Waals surface area contributed by atoms with Gasteiger partial charge in [0, 0.05) is 18.2 Å². The number of nitrogens with two attached hydrogens (primary N) is 1. The highest BCUT2D eigenvalue weighted by molar-refractivity contribution is 6.30. The Morgan fingerprint density at radius 2 is 2.06 bits per heavy atom. The molecule has 0 fully saturated rings. The summed E-state index contributed by atoms with van der Waals surface area (Å²) in [5.41, 5.74) is 8.42. The van der Waals surface area contributed by atoms with Crippen molar-refractivity contribution in [2.75, 3.05) is 0 Å². The van der Waals surface area contributed by atoms with E-state index in [0.29, 0.717) is 0 Å². The van der Waals surface area contributed by atoms with E-state index in [4.69, 9.17) is 17.3 Å². The van der Waals surface area contributed by atoms with Gasteiger partial charge in [0.05, 0.1) is 5.69 Å². The lowest BCUT2D eigenvalue weighted by Crippen LogP contribution is -2.41. The summed E-state index contributed by atoms with van der Waals surface area (Å²) in [6.45, 7) is 6.34. The standard InChI is InChI=1S/C13H24ClN3/c1-5-7-8-13(15,6-2)9-11-10(3)16-17(4)12(11)14/h5-9,15H2,1-4H3. The molecule has 1 rings (SSSR count). The summed E-state index contributed by atoms with van der Waals surface area (Å²) >= 11 is 6.26. The largest absolute Gasteiger partial charge is 0.325 e. The molecular formula is C13H24ClN3. The average molecular weight is 258 g/mol. The van der Waals surface area contributed by atoms with Gasteiger partial charge in [0.15, 0.2) is 0 Å². The van der Waals surface area contributed by atoms with Gasteiger partial charge in [-0.05, 0) is 26.2 Å². The SMILES string of the molecule is CCCCC(N)(CC)Cc1c(C)nn(C)c1Cl. The molecule has 2 N–H and O–H groups in total. The highest BCUT2D eigenvalue weighted by Crippen LogP contribution is 2.27. The first-order valence-electron chi connectivity index (χ1n) is 6.40. The van der Waals surface area contributed by atoms with Crippen LogP contribution in [-0.2, 0) is 13.5 Å². The van der Waals surface area contributed by atoms with E-state index in [1.54, 1.807) is 4.68 Å². The van der Waals surface area contributed by atoms with Gasteiger partial charge in [0.2, 0.25) is 0 Å². The highest BCUT2D eigenvalue weighted by atomic mass is 35.5. The highest BCUT2D eigenvalue weighted by Gasteiger charge is 2.26. The fourth-order valence-corrected chi connectivity index (χ4v) is 2.39. The van der Waals surface area contributed by atoms with Crippen LogP contribution < -0.4 is 5.73 Å². The fourth-order valence-electron chi connectivity index (χ4n) is 2.15. The van der Waals surface area contributed by atoms with Crippen LogP contribution in [0.1, 0.15) is 50.8 Å². The molecule has 0 aliphatic carbocycles. The maximum Gasteiger partial charge on any atom is 0.130 e. The molecule has 0 aromatic carbocycles. The van der Waals surface area contributed by atoms with Gasteiger partial charge in [-0.15, -0.1) is 0 Å². The molecule has 3 nitrogen and oxygen atoms in total. The molecule has 0 amide bonds. The van der Waals surface area contributed by atoms with E-state index >= 15 is 0 Å². The van der Waals surface area contributed by atoms with Crippen LogP contribution in [0, 0.1) is 6.92 Å². The normalized spacial score (nSPS) is 14.9. The molecule has 1 heterocycles. The first kappa shape index (κ1) is 14.5. The lowest BCUT2D eigenvalue weighted by Gasteiger charge is -2.28. The van der Waals surface area contributed by atoms with E-state index in [1.165, 1.54) is 12.8 Å². The van der Waals surface area contributed by atoms with Gasteiger partial charge in [-0.3, -0.25) is 4.68 Å². The van der Waals surface area contributed by atoms with Crippen molar-refractivity contribution in [1.82, 2.24) is 9.78 Å². The second kappa shape index (κ2) is 5.87. The topological polar surface area (TPSA) is 43.8 Å². The van der Waals surface area contributed by atoms with Crippen LogP contribution in [0.25, 0.3) is 0 Å². The maximum atomic E-state index is 6.47. The van der Waals surface area contributed by atoms with Gasteiger partial charge in [0.25, 0.3) is 0 Å². The predicted molar refractivity (Wildman–Crippen MR) is 73.4 cm³/mol. The van der Waals surface area contributed by atoms with Crippen molar-refractivity contribution in [3.8, 4) is 0 Å². The third-order valence-corrected chi connectivity index (χ3v) is 4.00. The van der Waals surface area contributed by atoms with E-state index in [0.717, 1.165) is 35.7 Å². The number of nitrogens with zero attached hydrogens (tertiary/aromatic N) is 2. The molecule has 4 heteroatoms. The Balaban J connectivity index is 2.86. The number of aryl methyl sites for hydroxylation is 2. The first-order chi connectivity index (χ1) is 7.93. The minimum atomic E-state index is -0.145. The van der Waals surface area contributed by atoms with Crippen molar-refractivity contribution in [3.63, 3.8) is 0 Å². The summed E-state index contributed by atoms with van der Waals surface area (Å²) in [6.07, 6.45) is 5.18. The van der Waals surface area contributed by atoms with Crippen molar-refractivity contribution in [3.05, 3.63) is 16.4 Å². The molecular weight excluding hydrogens is 234 g/mol. The zero-order valence-electron chi connectivity index (χ0n) is 11.4. The van der Waals surface area contributed by atoms with Gasteiger partial charge in [-0.25, -0.2) is 0 Å². The van der Waals surface area contributed by atoms with Gasteiger partial charge >= 0.3 is 0 Å². The van der Waals surface area contributed by atoms with E-state index in [9.17, 15) is 0 Å². The zero-order valence-corrected chi connectivity index (χ0v) is 12.1. The minimum Gasteiger partial charge on any atom is -0.325 e. The molecule has 0 saturated carbocycles. The van der Waals surface area contributed by atoms with Crippen LogP contribution in [-0.4, -0.2) is 15.3 Å². The molecule has 0 saturated heterocycles. The van der Waals surface area contributed by atoms with Crippen LogP contribution in [0.2, 0.25) is 5.15 Å². The van der Waals surface area contributed by atoms with E-state index < -0.39 is 0 Å². The lowest BCUT2D eigenvalue weighted by molar-refractivity contribution is 0.364. The van der Waals surface area contributed by atoms with Crippen molar-refractivity contribution in [2.45, 2.75) is 58.4 Å². The van der Waals surface area contributed by atoms with E-state index in [1.807, 2.05) is 14.0 Å². The van der Waals surface area contributed by atoms with Crippen LogP contribution in [0.15, 0.2) is 0 Å². The molecule has 0 bridgehead atoms. The van der Waals surface area contributed by atoms with Crippen molar-refractivity contribution >= 4 is 11.6 Å². The minimum absolute atomic E-state index is 0.145. The molecule has 1 aromatic rings. The average Bonchev–Trinajstić information content (AvgIpc) is 2.53. The summed E-state index contributed by atoms with van der Waals surface area (Å²) in [6, 6.07) is 0. The van der Waals surface area contributed by atoms with Crippen LogP contribution in [0.5, 0.6) is 0 Å². The smallest absolute Gasteiger partial charge is 0.130 e. The van der Waals surface area contributed by atoms with E-state index in [2.05, 4.69) is 18.9 Å². The van der Waals surface area contributed by atoms with Crippen molar-refractivity contribution in [2.24, 2.45) is 12.8 Å². The van der Waals surface area contributed by atoms with Gasteiger partial charge in [0.1, 0.15) is 5.15 Å². The number of aromatic nitrogens is 2. The lowest BCUT2D eigenvalue weighted by atomic mass is 9.85. The second-order valence-corrected chi connectivity index (χ2v) is 5.33. The van der Waals surface area contributed by atoms with Gasteiger partial charge < -0.3 is 5.73 Å². The Bertz CT molecular complexity index is 373. The Kier molecular flexibility index (Phi) is 5.02. The number of hydrogen-bond acceptors (Lipinski definition) is 2. The third kappa shape index (κ3) is 3.46. The van der Waals surface area contributed by atoms with Crippen LogP contribution in [0.3, 0.4) is 0 Å². The predicted octanol–water partition coefficient (Wildman–Crippen LogP) is 3.22. The Morgan fingerprint density at radius 3 is 2.47 bits per heavy atom. The Hall–Kier alpha value is -0.540. The van der Waals surface area contributed by atoms with Crippen molar-refractivity contribution in [1.29, 1.82) is 0 Å². The summed E-state index contributed by atoms with van der Waals surface area (Å²) < 4.78 is 1.72. The number of halogens is 1. The Labute approximate surface area is 109 Å². The molecule has 1 aromatic heterocycles. The number of hydrogen-bond donors (Lipinski definition) is 1. The fraction of sp³-hybridized carbons (Fsp3) is 0.769. The zero-order chi connectivity index (χ0) is 13.1. The summed E-state index contributed by atoms with van der Waals surface area (Å²) in [5, 5.41) is 5.06. The summed E-state index contributed by atoms with van der Waals surface area (Å²) in [7, 11) is 1.87. The molecule has 1 unspecified atom stereocenters. The van der Waals surface area contributed by atoms with Crippen LogP contribution in [0.4, 0.5) is 0 Å². The number of unbranched alkanes of at least 4 members (excludes halogenated alkanes) is 1. The quantitative estimate of drug-likeness (QED) is 0.850. The third-order valence-electron chi connectivity index (χ3n) is 3.53. The van der Waals surface area contributed by atoms with Gasteiger partial charge in [-0.2, -0.15) is 5.10 Å².